The Morgan fingerprint density at radius 2 is 1.97 bits per heavy atom. The third-order valence-electron chi connectivity index (χ3n) is 9.66. The van der Waals surface area contributed by atoms with Crippen molar-refractivity contribution in [3.05, 3.63) is 28.5 Å². The maximum atomic E-state index is 13.9. The molecule has 34 heavy (non-hydrogen) atoms. The maximum absolute atomic E-state index is 13.9. The zero-order valence-electron chi connectivity index (χ0n) is 20.1. The second-order valence-corrected chi connectivity index (χ2v) is 12.1. The normalized spacial score (nSPS) is 39.5. The highest BCUT2D eigenvalue weighted by atomic mass is 16.8. The quantitative estimate of drug-likeness (QED) is 0.535. The van der Waals surface area contributed by atoms with E-state index in [4.69, 9.17) is 4.74 Å². The first-order valence-electron chi connectivity index (χ1n) is 12.1. The highest BCUT2D eigenvalue weighted by Crippen LogP contribution is 2.69. The summed E-state index contributed by atoms with van der Waals surface area (Å²) in [7, 11) is 0. The number of carbonyl (C=O) groups excluding carboxylic acids is 2. The molecule has 1 aromatic carbocycles. The number of ketones is 1. The zero-order chi connectivity index (χ0) is 24.4. The van der Waals surface area contributed by atoms with E-state index in [1.165, 1.54) is 0 Å². The summed E-state index contributed by atoms with van der Waals surface area (Å²) in [5.74, 6) is -0.221. The average Bonchev–Trinajstić information content (AvgIpc) is 3.30. The van der Waals surface area contributed by atoms with Crippen LogP contribution in [0.1, 0.15) is 69.3 Å². The molecule has 2 saturated heterocycles. The largest absolute Gasteiger partial charge is 0.762 e. The molecule has 1 aliphatic carbocycles. The topological polar surface area (TPSA) is 125 Å². The summed E-state index contributed by atoms with van der Waals surface area (Å²) < 4.78 is 6.06. The molecule has 0 bridgehead atoms. The molecule has 0 aromatic heterocycles. The Balaban J connectivity index is 1.53. The fourth-order valence-corrected chi connectivity index (χ4v) is 8.11. The van der Waals surface area contributed by atoms with Gasteiger partial charge in [-0.05, 0) is 56.1 Å². The molecule has 9 nitrogen and oxygen atoms in total. The van der Waals surface area contributed by atoms with Crippen LogP contribution in [0.25, 0.3) is 0 Å². The number of anilines is 1. The number of ether oxygens (including phenoxy) is 1. The molecule has 4 aliphatic heterocycles. The number of rotatable bonds is 1. The van der Waals surface area contributed by atoms with Gasteiger partial charge in [-0.3, -0.25) is 19.7 Å². The summed E-state index contributed by atoms with van der Waals surface area (Å²) in [4.78, 5) is 29.1. The van der Waals surface area contributed by atoms with Crippen LogP contribution in [0, 0.1) is 16.5 Å². The number of hydrogen-bond donors (Lipinski definition) is 3. The smallest absolute Gasteiger partial charge is 0.235 e. The number of aliphatic hydroxyl groups excluding tert-OH is 1. The van der Waals surface area contributed by atoms with Crippen LogP contribution in [0.4, 0.5) is 5.69 Å². The monoisotopic (exact) mass is 470 g/mol. The lowest BCUT2D eigenvalue weighted by Gasteiger charge is -2.55. The molecular formula is C25H32N3O6-. The van der Waals surface area contributed by atoms with Crippen molar-refractivity contribution in [3.8, 4) is 5.75 Å². The number of aliphatic hydroxyl groups is 1. The van der Waals surface area contributed by atoms with Gasteiger partial charge in [-0.25, -0.2) is 0 Å². The lowest BCUT2D eigenvalue weighted by Crippen LogP contribution is -2.62. The van der Waals surface area contributed by atoms with Crippen LogP contribution in [-0.2, 0) is 10.2 Å². The first-order valence-corrected chi connectivity index (χ1v) is 12.1. The SMILES string of the molecule is CC1(C)CC(=O)c2c(ccc3c2NC(=O)[C@]32C[C@]3(N([O-])O)CN4CC[C@@H](O)[C@H]4C[C@@H]3C2(C)C)O1. The second kappa shape index (κ2) is 6.59. The third-order valence-corrected chi connectivity index (χ3v) is 9.66. The van der Waals surface area contributed by atoms with Crippen molar-refractivity contribution in [1.82, 2.24) is 10.1 Å². The highest BCUT2D eigenvalue weighted by Gasteiger charge is 2.73. The number of hydroxylamine groups is 2. The third kappa shape index (κ3) is 2.51. The summed E-state index contributed by atoms with van der Waals surface area (Å²) >= 11 is 0. The van der Waals surface area contributed by atoms with Crippen molar-refractivity contribution in [3.63, 3.8) is 0 Å². The van der Waals surface area contributed by atoms with Gasteiger partial charge in [0, 0.05) is 19.1 Å². The lowest BCUT2D eigenvalue weighted by atomic mass is 9.60. The Bertz CT molecular complexity index is 1120. The molecule has 3 fully saturated rings. The van der Waals surface area contributed by atoms with Gasteiger partial charge < -0.3 is 25.6 Å². The Morgan fingerprint density at radius 1 is 1.24 bits per heavy atom. The molecule has 9 heteroatoms. The summed E-state index contributed by atoms with van der Waals surface area (Å²) in [6.07, 6.45) is 0.999. The van der Waals surface area contributed by atoms with E-state index >= 15 is 0 Å². The fourth-order valence-electron chi connectivity index (χ4n) is 8.11. The number of piperidine rings is 1. The van der Waals surface area contributed by atoms with E-state index < -0.39 is 28.1 Å². The minimum Gasteiger partial charge on any atom is -0.762 e. The van der Waals surface area contributed by atoms with E-state index in [1.807, 2.05) is 33.8 Å². The first kappa shape index (κ1) is 22.4. The Hall–Kier alpha value is -2.04. The number of amides is 1. The predicted octanol–water partition coefficient (Wildman–Crippen LogP) is 2.43. The van der Waals surface area contributed by atoms with Gasteiger partial charge in [-0.2, -0.15) is 0 Å². The molecule has 1 amide bonds. The molecule has 6 rings (SSSR count). The molecule has 4 heterocycles. The van der Waals surface area contributed by atoms with Gasteiger partial charge in [0.1, 0.15) is 11.4 Å². The van der Waals surface area contributed by atoms with Crippen LogP contribution in [0.3, 0.4) is 0 Å². The number of carbonyl (C=O) groups is 2. The van der Waals surface area contributed by atoms with E-state index in [-0.39, 0.29) is 48.3 Å². The molecule has 1 saturated carbocycles. The number of nitrogens with zero attached hydrogens (tertiary/aromatic N) is 2. The number of fused-ring (bicyclic) bond motifs is 6. The van der Waals surface area contributed by atoms with Crippen LogP contribution in [-0.4, -0.2) is 68.5 Å². The molecule has 5 atom stereocenters. The van der Waals surface area contributed by atoms with Crippen LogP contribution in [0.2, 0.25) is 0 Å². The minimum absolute atomic E-state index is 0.0789. The number of benzene rings is 1. The molecule has 3 N–H and O–H groups in total. The van der Waals surface area contributed by atoms with Crippen molar-refractivity contribution in [2.75, 3.05) is 18.4 Å². The van der Waals surface area contributed by atoms with Gasteiger partial charge in [0.15, 0.2) is 5.78 Å². The standard InChI is InChI=1S/C25H32N3O6/c1-22(2)10-16(30)19-17(34-22)6-5-13-20(19)26-21(31)25(13)11-24(28(32)33)12-27-8-7-15(29)14(27)9-18(24)23(25,3)4/h5-6,14-15,18,29,32H,7-12H2,1-4H3,(H,26,31)/q-1/t14-,15-,18-,24+,25+/m1/s1. The Kier molecular flexibility index (Phi) is 4.34. The van der Waals surface area contributed by atoms with E-state index in [0.29, 0.717) is 42.0 Å². The number of Topliss-reactive ketones (excluding diaryl/α,β-unsaturated/α-hetero) is 1. The van der Waals surface area contributed by atoms with Gasteiger partial charge in [0.05, 0.1) is 34.7 Å². The van der Waals surface area contributed by atoms with Gasteiger partial charge in [0.25, 0.3) is 0 Å². The number of hydrogen-bond acceptors (Lipinski definition) is 8. The fraction of sp³-hybridized carbons (Fsp3) is 0.680. The molecule has 5 aliphatic rings. The maximum Gasteiger partial charge on any atom is 0.235 e. The summed E-state index contributed by atoms with van der Waals surface area (Å²) in [6, 6.07) is 3.50. The molecule has 1 aromatic rings. The van der Waals surface area contributed by atoms with Crippen molar-refractivity contribution >= 4 is 17.4 Å². The van der Waals surface area contributed by atoms with Crippen molar-refractivity contribution < 1.29 is 24.6 Å². The summed E-state index contributed by atoms with van der Waals surface area (Å²) in [6.45, 7) is 8.62. The lowest BCUT2D eigenvalue weighted by molar-refractivity contribution is -0.181. The van der Waals surface area contributed by atoms with E-state index in [9.17, 15) is 25.1 Å². The van der Waals surface area contributed by atoms with Crippen LogP contribution >= 0.6 is 0 Å². The van der Waals surface area contributed by atoms with Gasteiger partial charge in [-0.1, -0.05) is 19.9 Å². The summed E-state index contributed by atoms with van der Waals surface area (Å²) in [5.41, 5.74) is -2.10. The average molecular weight is 471 g/mol. The van der Waals surface area contributed by atoms with Crippen molar-refractivity contribution in [1.29, 1.82) is 0 Å². The van der Waals surface area contributed by atoms with E-state index in [2.05, 4.69) is 10.2 Å². The molecule has 1 spiro atoms. The first-order chi connectivity index (χ1) is 15.8. The summed E-state index contributed by atoms with van der Waals surface area (Å²) in [5, 5.41) is 37.0. The Morgan fingerprint density at radius 3 is 2.68 bits per heavy atom. The van der Waals surface area contributed by atoms with E-state index in [0.717, 1.165) is 0 Å². The van der Waals surface area contributed by atoms with Crippen LogP contribution < -0.4 is 10.1 Å². The van der Waals surface area contributed by atoms with Gasteiger partial charge >= 0.3 is 0 Å². The van der Waals surface area contributed by atoms with Crippen LogP contribution in [0.5, 0.6) is 5.75 Å². The van der Waals surface area contributed by atoms with Crippen molar-refractivity contribution in [2.45, 2.75) is 82.1 Å². The second-order valence-electron chi connectivity index (χ2n) is 12.1. The van der Waals surface area contributed by atoms with Gasteiger partial charge in [-0.15, -0.1) is 0 Å². The molecule has 0 unspecified atom stereocenters. The van der Waals surface area contributed by atoms with E-state index in [1.54, 1.807) is 6.07 Å². The zero-order valence-corrected chi connectivity index (χ0v) is 20.1. The minimum atomic E-state index is -1.19. The highest BCUT2D eigenvalue weighted by molar-refractivity contribution is 6.15. The van der Waals surface area contributed by atoms with Gasteiger partial charge in [0.2, 0.25) is 5.91 Å². The Labute approximate surface area is 198 Å². The number of nitrogens with one attached hydrogen (secondary N) is 1. The predicted molar refractivity (Wildman–Crippen MR) is 123 cm³/mol. The van der Waals surface area contributed by atoms with Crippen LogP contribution in [0.15, 0.2) is 12.1 Å². The molecule has 0 radical (unpaired) electrons. The molecular weight excluding hydrogens is 438 g/mol. The van der Waals surface area contributed by atoms with Crippen molar-refractivity contribution in [2.24, 2.45) is 11.3 Å². The molecule has 184 valence electrons.